The average molecular weight is 211 g/mol. The van der Waals surface area contributed by atoms with Crippen LogP contribution in [0.25, 0.3) is 0 Å². The van der Waals surface area contributed by atoms with Crippen LogP contribution < -0.4 is 0 Å². The quantitative estimate of drug-likeness (QED) is 0.390. The molecule has 1 unspecified atom stereocenters. The van der Waals surface area contributed by atoms with Crippen molar-refractivity contribution in [3.05, 3.63) is 0 Å². The molecule has 74 valence electrons. The second kappa shape index (κ2) is 11.2. The first-order valence-electron chi connectivity index (χ1n) is 4.06. The van der Waals surface area contributed by atoms with Crippen molar-refractivity contribution < 1.29 is 14.0 Å². The lowest BCUT2D eigenvalue weighted by Crippen LogP contribution is -1.86. The highest BCUT2D eigenvalue weighted by Gasteiger charge is 2.09. The fourth-order valence-corrected chi connectivity index (χ4v) is 1.13. The molecule has 0 aromatic carbocycles. The van der Waals surface area contributed by atoms with Crippen molar-refractivity contribution >= 4 is 19.2 Å². The van der Waals surface area contributed by atoms with E-state index >= 15 is 0 Å². The van der Waals surface area contributed by atoms with Gasteiger partial charge in [-0.05, 0) is 17.4 Å². The van der Waals surface area contributed by atoms with Crippen molar-refractivity contribution in [2.24, 2.45) is 0 Å². The van der Waals surface area contributed by atoms with Crippen molar-refractivity contribution in [3.63, 3.8) is 0 Å². The van der Waals surface area contributed by atoms with Gasteiger partial charge in [0.25, 0.3) is 0 Å². The van der Waals surface area contributed by atoms with Crippen LogP contribution in [0, 0.1) is 0 Å². The van der Waals surface area contributed by atoms with Crippen molar-refractivity contribution in [2.45, 2.75) is 39.0 Å². The van der Waals surface area contributed by atoms with Crippen molar-refractivity contribution in [1.29, 1.82) is 0 Å². The molecule has 0 aliphatic heterocycles. The Hall–Kier alpha value is 0.237. The summed E-state index contributed by atoms with van der Waals surface area (Å²) in [7, 11) is -2.37. The Morgan fingerprint density at radius 3 is 2.33 bits per heavy atom. The van der Waals surface area contributed by atoms with Crippen molar-refractivity contribution in [1.82, 2.24) is 0 Å². The Balaban J connectivity index is 0. The van der Waals surface area contributed by atoms with E-state index in [0.717, 1.165) is 12.8 Å². The minimum absolute atomic E-state index is 0. The molecule has 0 radical (unpaired) electrons. The highest BCUT2D eigenvalue weighted by atomic mass is 31.1. The van der Waals surface area contributed by atoms with E-state index in [1.807, 2.05) is 0 Å². The van der Waals surface area contributed by atoms with Gasteiger partial charge in [-0.2, -0.15) is 0 Å². The molecule has 0 heterocycles. The second-order valence-electron chi connectivity index (χ2n) is 2.49. The van der Waals surface area contributed by atoms with Gasteiger partial charge in [-0.3, -0.25) is 0 Å². The molecular weight excluding hydrogens is 191 g/mol. The third-order valence-corrected chi connectivity index (χ3v) is 1.85. The fourth-order valence-electron chi connectivity index (χ4n) is 0.848. The summed E-state index contributed by atoms with van der Waals surface area (Å²) in [4.78, 5) is 8.24. The lowest BCUT2D eigenvalue weighted by molar-refractivity contribution is 0.273. The van der Waals surface area contributed by atoms with Gasteiger partial charge in [0.05, 0.1) is 0 Å². The average Bonchev–Trinajstić information content (AvgIpc) is 1.96. The molecule has 0 rings (SSSR count). The van der Waals surface area contributed by atoms with Crippen LogP contribution in [0.4, 0.5) is 0 Å². The molecule has 0 saturated heterocycles. The standard InChI is InChI=1S/C7H15O3P.H4Si/c1-2-3-4-5-6-7-10-11(8)9;/h2-7H2,1H3;1H4/p+1. The summed E-state index contributed by atoms with van der Waals surface area (Å²) in [5, 5.41) is 0. The van der Waals surface area contributed by atoms with Gasteiger partial charge in [-0.25, -0.2) is 0 Å². The molecule has 0 bridgehead atoms. The molecule has 0 fully saturated rings. The molecule has 1 N–H and O–H groups in total. The van der Waals surface area contributed by atoms with E-state index in [0.29, 0.717) is 6.61 Å². The Morgan fingerprint density at radius 1 is 1.25 bits per heavy atom. The van der Waals surface area contributed by atoms with E-state index < -0.39 is 8.25 Å². The lowest BCUT2D eigenvalue weighted by Gasteiger charge is -1.94. The van der Waals surface area contributed by atoms with Gasteiger partial charge in [-0.1, -0.05) is 32.6 Å². The molecule has 0 aromatic heterocycles. The SMILES string of the molecule is CCCCCCCO[P+](=O)O.[SiH4]. The van der Waals surface area contributed by atoms with Crippen LogP contribution in [0.15, 0.2) is 0 Å². The Kier molecular flexibility index (Phi) is 13.8. The highest BCUT2D eigenvalue weighted by Crippen LogP contribution is 2.15. The minimum atomic E-state index is -2.37. The Bertz CT molecular complexity index is 111. The summed E-state index contributed by atoms with van der Waals surface area (Å²) < 4.78 is 14.5. The first-order valence-corrected chi connectivity index (χ1v) is 5.19. The molecule has 1 atom stereocenters. The molecule has 3 nitrogen and oxygen atoms in total. The Morgan fingerprint density at radius 2 is 1.83 bits per heavy atom. The fraction of sp³-hybridized carbons (Fsp3) is 1.00. The topological polar surface area (TPSA) is 46.5 Å². The van der Waals surface area contributed by atoms with Crippen LogP contribution in [0.3, 0.4) is 0 Å². The number of rotatable bonds is 7. The smallest absolute Gasteiger partial charge is 0.133 e. The van der Waals surface area contributed by atoms with Crippen LogP contribution in [0.2, 0.25) is 0 Å². The zero-order chi connectivity index (χ0) is 8.53. The van der Waals surface area contributed by atoms with Crippen LogP contribution >= 0.6 is 8.25 Å². The van der Waals surface area contributed by atoms with Crippen molar-refractivity contribution in [2.75, 3.05) is 6.61 Å². The largest absolute Gasteiger partial charge is 0.694 e. The van der Waals surface area contributed by atoms with Crippen LogP contribution in [0.1, 0.15) is 39.0 Å². The van der Waals surface area contributed by atoms with Gasteiger partial charge >= 0.3 is 8.25 Å². The molecule has 12 heavy (non-hydrogen) atoms. The zero-order valence-electron chi connectivity index (χ0n) is 6.95. The van der Waals surface area contributed by atoms with Crippen LogP contribution in [0.5, 0.6) is 0 Å². The molecular formula is C7H20O3PSi+. The first kappa shape index (κ1) is 14.7. The number of hydrogen-bond donors (Lipinski definition) is 1. The molecule has 0 saturated carbocycles. The Labute approximate surface area is 79.5 Å². The first-order chi connectivity index (χ1) is 5.27. The third-order valence-electron chi connectivity index (χ3n) is 1.45. The molecule has 0 amide bonds. The summed E-state index contributed by atoms with van der Waals surface area (Å²) in [6.07, 6.45) is 5.64. The summed E-state index contributed by atoms with van der Waals surface area (Å²) in [5.74, 6) is 0. The summed E-state index contributed by atoms with van der Waals surface area (Å²) >= 11 is 0. The molecule has 0 aromatic rings. The predicted molar refractivity (Wildman–Crippen MR) is 55.9 cm³/mol. The van der Waals surface area contributed by atoms with E-state index in [2.05, 4.69) is 11.4 Å². The van der Waals surface area contributed by atoms with E-state index in [9.17, 15) is 4.57 Å². The van der Waals surface area contributed by atoms with Gasteiger partial charge in [0, 0.05) is 4.57 Å². The van der Waals surface area contributed by atoms with E-state index in [1.54, 1.807) is 0 Å². The number of hydrogen-bond acceptors (Lipinski definition) is 2. The summed E-state index contributed by atoms with van der Waals surface area (Å²) in [6, 6.07) is 0. The normalized spacial score (nSPS) is 10.7. The van der Waals surface area contributed by atoms with E-state index in [-0.39, 0.29) is 11.0 Å². The maximum absolute atomic E-state index is 10.0. The van der Waals surface area contributed by atoms with E-state index in [4.69, 9.17) is 4.89 Å². The van der Waals surface area contributed by atoms with Gasteiger partial charge < -0.3 is 0 Å². The lowest BCUT2D eigenvalue weighted by atomic mass is 10.2. The predicted octanol–water partition coefficient (Wildman–Crippen LogP) is 1.17. The maximum atomic E-state index is 10.0. The van der Waals surface area contributed by atoms with Gasteiger partial charge in [-0.15, -0.1) is 9.42 Å². The molecule has 5 heteroatoms. The van der Waals surface area contributed by atoms with Gasteiger partial charge in [0.15, 0.2) is 0 Å². The van der Waals surface area contributed by atoms with Gasteiger partial charge in [0.2, 0.25) is 0 Å². The highest BCUT2D eigenvalue weighted by molar-refractivity contribution is 7.32. The van der Waals surface area contributed by atoms with Crippen LogP contribution in [-0.2, 0) is 9.09 Å². The van der Waals surface area contributed by atoms with E-state index in [1.165, 1.54) is 19.3 Å². The summed E-state index contributed by atoms with van der Waals surface area (Å²) in [5.41, 5.74) is 0. The molecule has 0 aliphatic carbocycles. The third kappa shape index (κ3) is 12.9. The van der Waals surface area contributed by atoms with Crippen LogP contribution in [-0.4, -0.2) is 22.5 Å². The summed E-state index contributed by atoms with van der Waals surface area (Å²) in [6.45, 7) is 2.57. The maximum Gasteiger partial charge on any atom is 0.694 e. The van der Waals surface area contributed by atoms with Gasteiger partial charge in [0.1, 0.15) is 6.61 Å². The monoisotopic (exact) mass is 211 g/mol. The zero-order valence-corrected chi connectivity index (χ0v) is 7.85. The minimum Gasteiger partial charge on any atom is -0.133 e. The van der Waals surface area contributed by atoms with Crippen molar-refractivity contribution in [3.8, 4) is 0 Å². The molecule has 0 spiro atoms. The number of unbranched alkanes of at least 4 members (excludes halogenated alkanes) is 4. The second-order valence-corrected chi connectivity index (χ2v) is 3.22. The molecule has 0 aliphatic rings.